The maximum absolute atomic E-state index is 5.89. The second-order valence-corrected chi connectivity index (χ2v) is 5.15. The fourth-order valence-electron chi connectivity index (χ4n) is 1.61. The van der Waals surface area contributed by atoms with Crippen LogP contribution in [0.2, 0.25) is 5.02 Å². The van der Waals surface area contributed by atoms with E-state index in [9.17, 15) is 0 Å². The molecule has 2 nitrogen and oxygen atoms in total. The normalized spacial score (nSPS) is 10.4. The fraction of sp³-hybridized carbons (Fsp3) is 0.143. The molecule has 1 N–H and O–H groups in total. The van der Waals surface area contributed by atoms with Crippen LogP contribution in [0.25, 0.3) is 0 Å². The number of hydrogen-bond acceptors (Lipinski definition) is 2. The largest absolute Gasteiger partial charge is 0.456 e. The van der Waals surface area contributed by atoms with Crippen LogP contribution in [0.3, 0.4) is 0 Å². The van der Waals surface area contributed by atoms with E-state index in [0.29, 0.717) is 5.02 Å². The lowest BCUT2D eigenvalue weighted by Gasteiger charge is -2.09. The Hall–Kier alpha value is -1.03. The molecule has 94 valence electrons. The minimum atomic E-state index is 0.679. The summed E-state index contributed by atoms with van der Waals surface area (Å²) in [6.45, 7) is 0.818. The second kappa shape index (κ2) is 6.23. The van der Waals surface area contributed by atoms with Crippen LogP contribution >= 0.6 is 27.5 Å². The average Bonchev–Trinajstić information content (AvgIpc) is 2.34. The number of hydrogen-bond donors (Lipinski definition) is 1. The van der Waals surface area contributed by atoms with Gasteiger partial charge >= 0.3 is 0 Å². The molecule has 0 bridgehead atoms. The fourth-order valence-corrected chi connectivity index (χ4v) is 2.37. The third-order valence-electron chi connectivity index (χ3n) is 2.40. The highest BCUT2D eigenvalue weighted by atomic mass is 79.9. The van der Waals surface area contributed by atoms with Gasteiger partial charge in [-0.1, -0.05) is 23.7 Å². The number of halogens is 2. The van der Waals surface area contributed by atoms with Gasteiger partial charge in [0.05, 0.1) is 4.47 Å². The predicted molar refractivity (Wildman–Crippen MR) is 78.4 cm³/mol. The molecule has 0 saturated carbocycles. The third kappa shape index (κ3) is 3.48. The van der Waals surface area contributed by atoms with Crippen molar-refractivity contribution < 1.29 is 4.74 Å². The molecule has 0 unspecified atom stereocenters. The van der Waals surface area contributed by atoms with E-state index >= 15 is 0 Å². The van der Waals surface area contributed by atoms with Gasteiger partial charge in [-0.15, -0.1) is 0 Å². The van der Waals surface area contributed by atoms with Crippen molar-refractivity contribution >= 4 is 27.5 Å². The van der Waals surface area contributed by atoms with Crippen molar-refractivity contribution in [2.75, 3.05) is 7.05 Å². The molecule has 4 heteroatoms. The van der Waals surface area contributed by atoms with Crippen LogP contribution in [-0.4, -0.2) is 7.05 Å². The van der Waals surface area contributed by atoms with Crippen molar-refractivity contribution in [1.82, 2.24) is 5.32 Å². The van der Waals surface area contributed by atoms with Crippen molar-refractivity contribution in [1.29, 1.82) is 0 Å². The first kappa shape index (κ1) is 13.4. The highest BCUT2D eigenvalue weighted by molar-refractivity contribution is 9.10. The number of rotatable bonds is 4. The summed E-state index contributed by atoms with van der Waals surface area (Å²) in [5, 5.41) is 3.79. The van der Waals surface area contributed by atoms with E-state index in [0.717, 1.165) is 22.5 Å². The van der Waals surface area contributed by atoms with Crippen molar-refractivity contribution in [3.05, 3.63) is 57.5 Å². The van der Waals surface area contributed by atoms with Gasteiger partial charge in [-0.3, -0.25) is 0 Å². The van der Waals surface area contributed by atoms with Crippen LogP contribution in [-0.2, 0) is 6.54 Å². The maximum Gasteiger partial charge on any atom is 0.141 e. The summed E-state index contributed by atoms with van der Waals surface area (Å²) >= 11 is 9.32. The molecule has 0 amide bonds. The van der Waals surface area contributed by atoms with Crippen LogP contribution < -0.4 is 10.1 Å². The summed E-state index contributed by atoms with van der Waals surface area (Å²) in [4.78, 5) is 0. The van der Waals surface area contributed by atoms with Crippen molar-refractivity contribution in [2.45, 2.75) is 6.54 Å². The molecule has 0 aliphatic carbocycles. The van der Waals surface area contributed by atoms with Crippen LogP contribution in [0.5, 0.6) is 11.5 Å². The lowest BCUT2D eigenvalue weighted by atomic mass is 10.2. The van der Waals surface area contributed by atoms with E-state index in [1.807, 2.05) is 37.4 Å². The highest BCUT2D eigenvalue weighted by Crippen LogP contribution is 2.32. The van der Waals surface area contributed by atoms with Gasteiger partial charge in [-0.2, -0.15) is 0 Å². The van der Waals surface area contributed by atoms with E-state index in [1.165, 1.54) is 5.56 Å². The maximum atomic E-state index is 5.89. The van der Waals surface area contributed by atoms with E-state index in [4.69, 9.17) is 16.3 Å². The molecule has 18 heavy (non-hydrogen) atoms. The summed E-state index contributed by atoms with van der Waals surface area (Å²) in [6, 6.07) is 13.4. The first-order valence-corrected chi connectivity index (χ1v) is 6.72. The monoisotopic (exact) mass is 325 g/mol. The van der Waals surface area contributed by atoms with Crippen molar-refractivity contribution in [3.8, 4) is 11.5 Å². The zero-order valence-electron chi connectivity index (χ0n) is 9.91. The van der Waals surface area contributed by atoms with Crippen LogP contribution in [0.15, 0.2) is 46.9 Å². The minimum absolute atomic E-state index is 0.679. The summed E-state index contributed by atoms with van der Waals surface area (Å²) in [5.41, 5.74) is 1.18. The first-order chi connectivity index (χ1) is 8.69. The second-order valence-electron chi connectivity index (χ2n) is 3.85. The van der Waals surface area contributed by atoms with Gasteiger partial charge in [0, 0.05) is 11.6 Å². The van der Waals surface area contributed by atoms with Gasteiger partial charge in [0.1, 0.15) is 11.5 Å². The Labute approximate surface area is 120 Å². The Morgan fingerprint density at radius 2 is 2.06 bits per heavy atom. The van der Waals surface area contributed by atoms with E-state index in [2.05, 4.69) is 27.3 Å². The first-order valence-electron chi connectivity index (χ1n) is 5.55. The predicted octanol–water partition coefficient (Wildman–Crippen LogP) is 4.61. The molecule has 0 radical (unpaired) electrons. The molecule has 0 aliphatic rings. The van der Waals surface area contributed by atoms with E-state index in [-0.39, 0.29) is 0 Å². The molecule has 0 atom stereocenters. The quantitative estimate of drug-likeness (QED) is 0.885. The lowest BCUT2D eigenvalue weighted by Crippen LogP contribution is -2.04. The topological polar surface area (TPSA) is 21.3 Å². The Bertz CT molecular complexity index is 545. The Morgan fingerprint density at radius 3 is 2.78 bits per heavy atom. The molecule has 2 aromatic rings. The molecule has 0 aliphatic heterocycles. The smallest absolute Gasteiger partial charge is 0.141 e. The van der Waals surface area contributed by atoms with Crippen LogP contribution in [0.4, 0.5) is 0 Å². The Kier molecular flexibility index (Phi) is 4.64. The minimum Gasteiger partial charge on any atom is -0.456 e. The molecule has 0 fully saturated rings. The summed E-state index contributed by atoms with van der Waals surface area (Å²) < 4.78 is 6.66. The summed E-state index contributed by atoms with van der Waals surface area (Å²) in [5.74, 6) is 1.56. The number of benzene rings is 2. The molecular formula is C14H13BrClNO. The zero-order chi connectivity index (χ0) is 13.0. The standard InChI is InChI=1S/C14H13BrClNO/c1-17-9-10-3-2-4-12(7-10)18-14-6-5-11(16)8-13(14)15/h2-8,17H,9H2,1H3. The van der Waals surface area contributed by atoms with E-state index in [1.54, 1.807) is 6.07 Å². The van der Waals surface area contributed by atoms with Crippen molar-refractivity contribution in [2.24, 2.45) is 0 Å². The van der Waals surface area contributed by atoms with Gasteiger partial charge < -0.3 is 10.1 Å². The molecule has 0 heterocycles. The van der Waals surface area contributed by atoms with Gasteiger partial charge in [0.15, 0.2) is 0 Å². The van der Waals surface area contributed by atoms with Gasteiger partial charge in [0.2, 0.25) is 0 Å². The Morgan fingerprint density at radius 1 is 1.22 bits per heavy atom. The van der Waals surface area contributed by atoms with Crippen molar-refractivity contribution in [3.63, 3.8) is 0 Å². The molecule has 0 saturated heterocycles. The summed E-state index contributed by atoms with van der Waals surface area (Å²) in [7, 11) is 1.92. The Balaban J connectivity index is 2.20. The van der Waals surface area contributed by atoms with Gasteiger partial charge in [0.25, 0.3) is 0 Å². The lowest BCUT2D eigenvalue weighted by molar-refractivity contribution is 0.478. The third-order valence-corrected chi connectivity index (χ3v) is 3.26. The van der Waals surface area contributed by atoms with Gasteiger partial charge in [-0.25, -0.2) is 0 Å². The number of ether oxygens (including phenoxy) is 1. The van der Waals surface area contributed by atoms with E-state index < -0.39 is 0 Å². The molecular weight excluding hydrogens is 314 g/mol. The SMILES string of the molecule is CNCc1cccc(Oc2ccc(Cl)cc2Br)c1. The molecule has 0 aromatic heterocycles. The highest BCUT2D eigenvalue weighted by Gasteiger charge is 2.04. The van der Waals surface area contributed by atoms with Crippen LogP contribution in [0.1, 0.15) is 5.56 Å². The average molecular weight is 327 g/mol. The molecule has 0 spiro atoms. The number of nitrogens with one attached hydrogen (secondary N) is 1. The van der Waals surface area contributed by atoms with Gasteiger partial charge in [-0.05, 0) is 58.9 Å². The molecule has 2 aromatic carbocycles. The molecule has 2 rings (SSSR count). The zero-order valence-corrected chi connectivity index (χ0v) is 12.3. The summed E-state index contributed by atoms with van der Waals surface area (Å²) in [6.07, 6.45) is 0. The van der Waals surface area contributed by atoms with Crippen LogP contribution in [0, 0.1) is 0 Å².